The fourth-order valence-corrected chi connectivity index (χ4v) is 2.83. The van der Waals surface area contributed by atoms with Crippen LogP contribution in [0, 0.1) is 0 Å². The number of nitrogens with one attached hydrogen (secondary N) is 1. The minimum atomic E-state index is -0.116. The van der Waals surface area contributed by atoms with E-state index in [0.717, 1.165) is 22.5 Å². The van der Waals surface area contributed by atoms with E-state index < -0.39 is 0 Å². The largest absolute Gasteiger partial charge is 0.326 e. The molecule has 0 unspecified atom stereocenters. The number of aromatic nitrogens is 4. The molecule has 4 rings (SSSR count). The van der Waals surface area contributed by atoms with Gasteiger partial charge < -0.3 is 5.32 Å². The van der Waals surface area contributed by atoms with Crippen LogP contribution in [0.25, 0.3) is 16.9 Å². The topological polar surface area (TPSA) is 72.2 Å². The third kappa shape index (κ3) is 3.41. The molecule has 128 valence electrons. The smallest absolute Gasteiger partial charge is 0.228 e. The van der Waals surface area contributed by atoms with Gasteiger partial charge in [-0.1, -0.05) is 41.9 Å². The van der Waals surface area contributed by atoms with Gasteiger partial charge >= 0.3 is 0 Å². The third-order valence-electron chi connectivity index (χ3n) is 3.93. The average molecular weight is 364 g/mol. The average Bonchev–Trinajstić information content (AvgIpc) is 3.12. The van der Waals surface area contributed by atoms with Gasteiger partial charge in [-0.3, -0.25) is 4.79 Å². The zero-order chi connectivity index (χ0) is 17.9. The van der Waals surface area contributed by atoms with Gasteiger partial charge in [0.2, 0.25) is 5.91 Å². The fourth-order valence-electron chi connectivity index (χ4n) is 2.63. The Morgan fingerprint density at radius 3 is 2.65 bits per heavy atom. The fraction of sp³-hybridized carbons (Fsp3) is 0.0526. The van der Waals surface area contributed by atoms with Crippen LogP contribution in [-0.4, -0.2) is 25.7 Å². The Balaban J connectivity index is 1.47. The Bertz CT molecular complexity index is 1070. The van der Waals surface area contributed by atoms with Gasteiger partial charge in [0.1, 0.15) is 6.33 Å². The summed E-state index contributed by atoms with van der Waals surface area (Å²) in [6.07, 6.45) is 1.79. The van der Waals surface area contributed by atoms with Crippen LogP contribution in [0.1, 0.15) is 5.56 Å². The summed E-state index contributed by atoms with van der Waals surface area (Å²) in [5.41, 5.74) is 3.94. The first-order chi connectivity index (χ1) is 12.7. The second kappa shape index (κ2) is 6.93. The molecule has 7 heteroatoms. The molecule has 0 atom stereocenters. The van der Waals surface area contributed by atoms with Crippen molar-refractivity contribution in [2.45, 2.75) is 6.42 Å². The van der Waals surface area contributed by atoms with Crippen LogP contribution in [0.2, 0.25) is 5.02 Å². The Labute approximate surface area is 154 Å². The molecule has 0 spiro atoms. The summed E-state index contributed by atoms with van der Waals surface area (Å²) >= 11 is 6.10. The van der Waals surface area contributed by atoms with Gasteiger partial charge in [0.25, 0.3) is 0 Å². The van der Waals surface area contributed by atoms with Crippen LogP contribution in [0.15, 0.2) is 67.0 Å². The molecule has 0 aliphatic heterocycles. The van der Waals surface area contributed by atoms with E-state index in [1.807, 2.05) is 54.6 Å². The molecule has 6 nitrogen and oxygen atoms in total. The Morgan fingerprint density at radius 2 is 1.85 bits per heavy atom. The third-order valence-corrected chi connectivity index (χ3v) is 4.30. The lowest BCUT2D eigenvalue weighted by atomic mass is 10.1. The van der Waals surface area contributed by atoms with Crippen LogP contribution in [0.3, 0.4) is 0 Å². The molecule has 1 amide bonds. The first-order valence-corrected chi connectivity index (χ1v) is 8.37. The van der Waals surface area contributed by atoms with Gasteiger partial charge in [-0.15, -0.1) is 10.2 Å². The molecule has 2 aromatic carbocycles. The molecule has 0 radical (unpaired) electrons. The number of fused-ring (bicyclic) bond motifs is 1. The second-order valence-electron chi connectivity index (χ2n) is 5.75. The van der Waals surface area contributed by atoms with Crippen LogP contribution in [0.4, 0.5) is 5.69 Å². The van der Waals surface area contributed by atoms with E-state index in [2.05, 4.69) is 20.6 Å². The standard InChI is InChI=1S/C19H14ClN5O/c20-16-4-2-1-3-14(16)11-19(26)22-15-7-5-13(6-8-15)17-9-10-18-23-21-12-25(18)24-17/h1-10,12H,11H2,(H,22,26). The number of benzene rings is 2. The van der Waals surface area contributed by atoms with Crippen molar-refractivity contribution in [1.29, 1.82) is 0 Å². The van der Waals surface area contributed by atoms with E-state index in [1.54, 1.807) is 16.9 Å². The van der Waals surface area contributed by atoms with E-state index in [4.69, 9.17) is 11.6 Å². The van der Waals surface area contributed by atoms with Crippen LogP contribution >= 0.6 is 11.6 Å². The van der Waals surface area contributed by atoms with Crippen molar-refractivity contribution in [3.63, 3.8) is 0 Å². The number of anilines is 1. The monoisotopic (exact) mass is 363 g/mol. The number of nitrogens with zero attached hydrogens (tertiary/aromatic N) is 4. The normalized spacial score (nSPS) is 10.8. The highest BCUT2D eigenvalue weighted by atomic mass is 35.5. The van der Waals surface area contributed by atoms with Crippen molar-refractivity contribution >= 4 is 28.8 Å². The number of amides is 1. The predicted octanol–water partition coefficient (Wildman–Crippen LogP) is 3.63. The Hall–Kier alpha value is -3.25. The van der Waals surface area contributed by atoms with Gasteiger partial charge in [-0.25, -0.2) is 0 Å². The summed E-state index contributed by atoms with van der Waals surface area (Å²) < 4.78 is 1.62. The van der Waals surface area contributed by atoms with Gasteiger partial charge in [-0.2, -0.15) is 9.61 Å². The molecular formula is C19H14ClN5O. The lowest BCUT2D eigenvalue weighted by Gasteiger charge is -2.08. The van der Waals surface area contributed by atoms with E-state index in [0.29, 0.717) is 10.7 Å². The van der Waals surface area contributed by atoms with E-state index in [-0.39, 0.29) is 12.3 Å². The number of carbonyl (C=O) groups excluding carboxylic acids is 1. The SMILES string of the molecule is O=C(Cc1ccccc1Cl)Nc1ccc(-c2ccc3nncn3n2)cc1. The maximum absolute atomic E-state index is 12.2. The highest BCUT2D eigenvalue weighted by Gasteiger charge is 2.08. The summed E-state index contributed by atoms with van der Waals surface area (Å²) in [6, 6.07) is 18.6. The van der Waals surface area contributed by atoms with Crippen molar-refractivity contribution in [2.24, 2.45) is 0 Å². The van der Waals surface area contributed by atoms with Crippen LogP contribution < -0.4 is 5.32 Å². The highest BCUT2D eigenvalue weighted by Crippen LogP contribution is 2.20. The molecule has 0 saturated heterocycles. The molecule has 2 aromatic heterocycles. The quantitative estimate of drug-likeness (QED) is 0.601. The summed E-state index contributed by atoms with van der Waals surface area (Å²) in [6.45, 7) is 0. The first kappa shape index (κ1) is 16.2. The second-order valence-corrected chi connectivity index (χ2v) is 6.15. The molecule has 0 bridgehead atoms. The van der Waals surface area contributed by atoms with E-state index in [9.17, 15) is 4.79 Å². The van der Waals surface area contributed by atoms with Gasteiger partial charge in [-0.05, 0) is 35.9 Å². The number of carbonyl (C=O) groups is 1. The lowest BCUT2D eigenvalue weighted by molar-refractivity contribution is -0.115. The van der Waals surface area contributed by atoms with Crippen molar-refractivity contribution in [3.8, 4) is 11.3 Å². The van der Waals surface area contributed by atoms with Crippen molar-refractivity contribution in [2.75, 3.05) is 5.32 Å². The van der Waals surface area contributed by atoms with Crippen LogP contribution in [0.5, 0.6) is 0 Å². The Morgan fingerprint density at radius 1 is 1.04 bits per heavy atom. The van der Waals surface area contributed by atoms with E-state index in [1.165, 1.54) is 0 Å². The molecular weight excluding hydrogens is 350 g/mol. The van der Waals surface area contributed by atoms with Gasteiger partial charge in [0, 0.05) is 16.3 Å². The number of rotatable bonds is 4. The predicted molar refractivity (Wildman–Crippen MR) is 100 cm³/mol. The van der Waals surface area contributed by atoms with E-state index >= 15 is 0 Å². The zero-order valence-electron chi connectivity index (χ0n) is 13.6. The zero-order valence-corrected chi connectivity index (χ0v) is 14.4. The molecule has 1 N–H and O–H groups in total. The minimum Gasteiger partial charge on any atom is -0.326 e. The Kier molecular flexibility index (Phi) is 4.33. The number of halogens is 1. The molecule has 0 aliphatic carbocycles. The molecule has 26 heavy (non-hydrogen) atoms. The molecule has 0 saturated carbocycles. The molecule has 0 aliphatic rings. The lowest BCUT2D eigenvalue weighted by Crippen LogP contribution is -2.14. The van der Waals surface area contributed by atoms with Crippen molar-refractivity contribution < 1.29 is 4.79 Å². The van der Waals surface area contributed by atoms with Crippen LogP contribution in [-0.2, 0) is 11.2 Å². The van der Waals surface area contributed by atoms with Gasteiger partial charge in [0.05, 0.1) is 12.1 Å². The molecule has 4 aromatic rings. The highest BCUT2D eigenvalue weighted by molar-refractivity contribution is 6.31. The summed E-state index contributed by atoms with van der Waals surface area (Å²) in [4.78, 5) is 12.2. The maximum Gasteiger partial charge on any atom is 0.228 e. The minimum absolute atomic E-state index is 0.116. The first-order valence-electron chi connectivity index (χ1n) is 8.00. The number of hydrogen-bond donors (Lipinski definition) is 1. The summed E-state index contributed by atoms with van der Waals surface area (Å²) in [7, 11) is 0. The summed E-state index contributed by atoms with van der Waals surface area (Å²) in [5.74, 6) is -0.116. The van der Waals surface area contributed by atoms with Crippen molar-refractivity contribution in [1.82, 2.24) is 19.8 Å². The number of hydrogen-bond acceptors (Lipinski definition) is 4. The van der Waals surface area contributed by atoms with Crippen molar-refractivity contribution in [3.05, 3.63) is 77.6 Å². The van der Waals surface area contributed by atoms with Gasteiger partial charge in [0.15, 0.2) is 5.65 Å². The maximum atomic E-state index is 12.2. The summed E-state index contributed by atoms with van der Waals surface area (Å²) in [5, 5.41) is 15.7. The molecule has 0 fully saturated rings. The molecule has 2 heterocycles.